The normalized spacial score (nSPS) is 11.8. The molecule has 0 spiro atoms. The predicted molar refractivity (Wildman–Crippen MR) is 83.8 cm³/mol. The van der Waals surface area contributed by atoms with Crippen molar-refractivity contribution in [2.75, 3.05) is 24.4 Å². The zero-order chi connectivity index (χ0) is 15.0. The minimum Gasteiger partial charge on any atom is -0.359 e. The molecule has 0 saturated heterocycles. The van der Waals surface area contributed by atoms with Crippen molar-refractivity contribution in [3.63, 3.8) is 0 Å². The second-order valence-electron chi connectivity index (χ2n) is 4.38. The van der Waals surface area contributed by atoms with Crippen molar-refractivity contribution in [2.24, 2.45) is 5.73 Å². The van der Waals surface area contributed by atoms with E-state index in [4.69, 9.17) is 5.73 Å². The van der Waals surface area contributed by atoms with Crippen LogP contribution in [0.1, 0.15) is 12.0 Å². The average molecular weight is 295 g/mol. The van der Waals surface area contributed by atoms with E-state index in [0.717, 1.165) is 11.3 Å². The Morgan fingerprint density at radius 3 is 2.70 bits per heavy atom. The van der Waals surface area contributed by atoms with E-state index >= 15 is 0 Å². The quantitative estimate of drug-likeness (QED) is 0.700. The zero-order valence-electron chi connectivity index (χ0n) is 11.8. The van der Waals surface area contributed by atoms with Gasteiger partial charge in [0.05, 0.1) is 12.5 Å². The third kappa shape index (κ3) is 5.22. The molecular formula is C14H21N3O2S. The van der Waals surface area contributed by atoms with E-state index < -0.39 is 6.04 Å². The summed E-state index contributed by atoms with van der Waals surface area (Å²) in [5, 5.41) is 5.36. The molecule has 0 bridgehead atoms. The molecule has 0 aromatic heterocycles. The summed E-state index contributed by atoms with van der Waals surface area (Å²) in [5.74, 6) is 0.524. The first kappa shape index (κ1) is 16.5. The van der Waals surface area contributed by atoms with E-state index in [1.165, 1.54) is 0 Å². The predicted octanol–water partition coefficient (Wildman–Crippen LogP) is 0.994. The molecule has 5 nitrogen and oxygen atoms in total. The number of likely N-dealkylation sites (N-methyl/N-ethyl adjacent to an activating group) is 1. The summed E-state index contributed by atoms with van der Waals surface area (Å²) < 4.78 is 0. The Labute approximate surface area is 123 Å². The minimum absolute atomic E-state index is 0.0987. The summed E-state index contributed by atoms with van der Waals surface area (Å²) >= 11 is 1.66. The van der Waals surface area contributed by atoms with Gasteiger partial charge in [0.15, 0.2) is 0 Å². The van der Waals surface area contributed by atoms with Crippen LogP contribution in [0.5, 0.6) is 0 Å². The number of nitrogens with one attached hydrogen (secondary N) is 2. The average Bonchev–Trinajstić information content (AvgIpc) is 2.46. The first-order chi connectivity index (χ1) is 9.58. The molecule has 1 rings (SSSR count). The van der Waals surface area contributed by atoms with E-state index in [-0.39, 0.29) is 18.2 Å². The second-order valence-corrected chi connectivity index (χ2v) is 5.37. The maximum atomic E-state index is 12.0. The van der Waals surface area contributed by atoms with Gasteiger partial charge in [0.2, 0.25) is 11.8 Å². The van der Waals surface area contributed by atoms with Crippen LogP contribution >= 0.6 is 11.8 Å². The van der Waals surface area contributed by atoms with E-state index in [2.05, 4.69) is 10.6 Å². The van der Waals surface area contributed by atoms with Crippen molar-refractivity contribution < 1.29 is 9.59 Å². The SMILES string of the molecule is CNC(=O)Cc1ccccc1NC(=O)[C@H](N)CCSC. The lowest BCUT2D eigenvalue weighted by Gasteiger charge is -2.14. The summed E-state index contributed by atoms with van der Waals surface area (Å²) in [5.41, 5.74) is 7.24. The highest BCUT2D eigenvalue weighted by molar-refractivity contribution is 7.98. The van der Waals surface area contributed by atoms with Crippen LogP contribution in [-0.4, -0.2) is 36.9 Å². The number of anilines is 1. The van der Waals surface area contributed by atoms with E-state index in [1.54, 1.807) is 24.9 Å². The molecule has 2 amide bonds. The Hall–Kier alpha value is -1.53. The Balaban J connectivity index is 2.71. The van der Waals surface area contributed by atoms with Crippen molar-refractivity contribution in [3.05, 3.63) is 29.8 Å². The van der Waals surface area contributed by atoms with Crippen LogP contribution in [0.4, 0.5) is 5.69 Å². The van der Waals surface area contributed by atoms with E-state index in [1.807, 2.05) is 24.5 Å². The fraction of sp³-hybridized carbons (Fsp3) is 0.429. The first-order valence-corrected chi connectivity index (χ1v) is 7.81. The molecule has 0 heterocycles. The van der Waals surface area contributed by atoms with Gasteiger partial charge < -0.3 is 16.4 Å². The highest BCUT2D eigenvalue weighted by atomic mass is 32.2. The Morgan fingerprint density at radius 2 is 2.05 bits per heavy atom. The third-order valence-electron chi connectivity index (χ3n) is 2.87. The van der Waals surface area contributed by atoms with Gasteiger partial charge in [-0.1, -0.05) is 18.2 Å². The fourth-order valence-corrected chi connectivity index (χ4v) is 2.15. The van der Waals surface area contributed by atoms with Crippen LogP contribution in [0.3, 0.4) is 0 Å². The van der Waals surface area contributed by atoms with Crippen LogP contribution in [0.25, 0.3) is 0 Å². The number of para-hydroxylation sites is 1. The molecule has 4 N–H and O–H groups in total. The van der Waals surface area contributed by atoms with Crippen LogP contribution < -0.4 is 16.4 Å². The molecule has 0 unspecified atom stereocenters. The summed E-state index contributed by atoms with van der Waals surface area (Å²) in [6, 6.07) is 6.71. The number of carbonyl (C=O) groups excluding carboxylic acids is 2. The number of benzene rings is 1. The number of thioether (sulfide) groups is 1. The molecule has 0 radical (unpaired) electrons. The summed E-state index contributed by atoms with van der Waals surface area (Å²) in [4.78, 5) is 23.4. The molecule has 0 aliphatic heterocycles. The van der Waals surface area contributed by atoms with Crippen LogP contribution in [0, 0.1) is 0 Å². The molecule has 1 atom stereocenters. The molecule has 1 aromatic carbocycles. The van der Waals surface area contributed by atoms with Crippen LogP contribution in [-0.2, 0) is 16.0 Å². The number of rotatable bonds is 7. The van der Waals surface area contributed by atoms with Gasteiger partial charge in [0.25, 0.3) is 0 Å². The van der Waals surface area contributed by atoms with Gasteiger partial charge in [-0.3, -0.25) is 9.59 Å². The Morgan fingerprint density at radius 1 is 1.35 bits per heavy atom. The second kappa shape index (κ2) is 8.60. The third-order valence-corrected chi connectivity index (χ3v) is 3.52. The lowest BCUT2D eigenvalue weighted by atomic mass is 10.1. The lowest BCUT2D eigenvalue weighted by Crippen LogP contribution is -2.36. The molecule has 0 aliphatic rings. The monoisotopic (exact) mass is 295 g/mol. The van der Waals surface area contributed by atoms with Crippen molar-refractivity contribution in [2.45, 2.75) is 18.9 Å². The maximum Gasteiger partial charge on any atom is 0.241 e. The van der Waals surface area contributed by atoms with Crippen LogP contribution in [0.2, 0.25) is 0 Å². The van der Waals surface area contributed by atoms with Gasteiger partial charge in [0, 0.05) is 12.7 Å². The van der Waals surface area contributed by atoms with Gasteiger partial charge in [-0.2, -0.15) is 11.8 Å². The summed E-state index contributed by atoms with van der Waals surface area (Å²) in [6.07, 6.45) is 2.83. The fourth-order valence-electron chi connectivity index (χ4n) is 1.66. The molecule has 0 fully saturated rings. The van der Waals surface area contributed by atoms with Gasteiger partial charge in [0.1, 0.15) is 0 Å². The van der Waals surface area contributed by atoms with Crippen molar-refractivity contribution in [1.82, 2.24) is 5.32 Å². The van der Waals surface area contributed by atoms with Gasteiger partial charge in [-0.25, -0.2) is 0 Å². The van der Waals surface area contributed by atoms with Crippen molar-refractivity contribution >= 4 is 29.3 Å². The number of hydrogen-bond donors (Lipinski definition) is 3. The lowest BCUT2D eigenvalue weighted by molar-refractivity contribution is -0.120. The largest absolute Gasteiger partial charge is 0.359 e. The van der Waals surface area contributed by atoms with Gasteiger partial charge >= 0.3 is 0 Å². The number of nitrogens with two attached hydrogens (primary N) is 1. The Kier molecular flexibility index (Phi) is 7.11. The molecular weight excluding hydrogens is 274 g/mol. The smallest absolute Gasteiger partial charge is 0.241 e. The van der Waals surface area contributed by atoms with Crippen LogP contribution in [0.15, 0.2) is 24.3 Å². The Bertz CT molecular complexity index is 465. The number of carbonyl (C=O) groups is 2. The van der Waals surface area contributed by atoms with Gasteiger partial charge in [-0.15, -0.1) is 0 Å². The zero-order valence-corrected chi connectivity index (χ0v) is 12.6. The standard InChI is InChI=1S/C14H21N3O2S/c1-16-13(18)9-10-5-3-4-6-12(10)17-14(19)11(15)7-8-20-2/h3-6,11H,7-9,15H2,1-2H3,(H,16,18)(H,17,19)/t11-/m1/s1. The first-order valence-electron chi connectivity index (χ1n) is 6.42. The summed E-state index contributed by atoms with van der Waals surface area (Å²) in [7, 11) is 1.59. The highest BCUT2D eigenvalue weighted by Crippen LogP contribution is 2.16. The topological polar surface area (TPSA) is 84.2 Å². The maximum absolute atomic E-state index is 12.0. The highest BCUT2D eigenvalue weighted by Gasteiger charge is 2.15. The van der Waals surface area contributed by atoms with Gasteiger partial charge in [-0.05, 0) is 30.1 Å². The molecule has 1 aromatic rings. The molecule has 0 saturated carbocycles. The minimum atomic E-state index is -0.532. The van der Waals surface area contributed by atoms with Crippen molar-refractivity contribution in [1.29, 1.82) is 0 Å². The van der Waals surface area contributed by atoms with E-state index in [0.29, 0.717) is 12.1 Å². The molecule has 0 aliphatic carbocycles. The summed E-state index contributed by atoms with van der Waals surface area (Å²) in [6.45, 7) is 0. The van der Waals surface area contributed by atoms with Crippen molar-refractivity contribution in [3.8, 4) is 0 Å². The molecule has 6 heteroatoms. The van der Waals surface area contributed by atoms with E-state index in [9.17, 15) is 9.59 Å². The number of hydrogen-bond acceptors (Lipinski definition) is 4. The number of amides is 2. The molecule has 110 valence electrons. The molecule has 20 heavy (non-hydrogen) atoms.